The normalized spacial score (nSPS) is 23.5. The van der Waals surface area contributed by atoms with Crippen LogP contribution in [0.3, 0.4) is 0 Å². The highest BCUT2D eigenvalue weighted by atomic mass is 16.2. The van der Waals surface area contributed by atoms with Gasteiger partial charge in [0.15, 0.2) is 0 Å². The van der Waals surface area contributed by atoms with E-state index in [1.165, 1.54) is 17.5 Å². The number of carbonyl (C=O) groups excluding carboxylic acids is 2. The fourth-order valence-corrected chi connectivity index (χ4v) is 4.09. The Morgan fingerprint density at radius 3 is 2.57 bits per heavy atom. The lowest BCUT2D eigenvalue weighted by Gasteiger charge is -2.39. The molecule has 2 aliphatic carbocycles. The number of hydrogen-bond acceptors (Lipinski definition) is 2. The predicted octanol–water partition coefficient (Wildman–Crippen LogP) is 1.95. The number of rotatable bonds is 1. The van der Waals surface area contributed by atoms with Crippen molar-refractivity contribution in [3.8, 4) is 0 Å². The summed E-state index contributed by atoms with van der Waals surface area (Å²) in [6.45, 7) is 0.152. The van der Waals surface area contributed by atoms with E-state index in [4.69, 9.17) is 0 Å². The van der Waals surface area contributed by atoms with Crippen molar-refractivity contribution in [2.75, 3.05) is 11.4 Å². The van der Waals surface area contributed by atoms with Gasteiger partial charge in [-0.15, -0.1) is 0 Å². The second-order valence-electron chi connectivity index (χ2n) is 6.54. The summed E-state index contributed by atoms with van der Waals surface area (Å²) in [5.74, 6) is 0.0505. The highest BCUT2D eigenvalue weighted by Crippen LogP contribution is 2.36. The SMILES string of the molecule is O=C1CN(c2ccc3c(c2)CCC3)C(=O)C2(CCCC2)N1. The monoisotopic (exact) mass is 284 g/mol. The third-order valence-corrected chi connectivity index (χ3v) is 5.19. The molecule has 0 unspecified atom stereocenters. The molecular weight excluding hydrogens is 264 g/mol. The van der Waals surface area contributed by atoms with Gasteiger partial charge in [-0.2, -0.15) is 0 Å². The minimum atomic E-state index is -0.631. The predicted molar refractivity (Wildman–Crippen MR) is 80.2 cm³/mol. The molecule has 2 fully saturated rings. The van der Waals surface area contributed by atoms with Gasteiger partial charge in [0.2, 0.25) is 5.91 Å². The van der Waals surface area contributed by atoms with Gasteiger partial charge in [-0.3, -0.25) is 9.59 Å². The molecule has 4 nitrogen and oxygen atoms in total. The maximum atomic E-state index is 12.9. The molecule has 1 spiro atoms. The summed E-state index contributed by atoms with van der Waals surface area (Å²) in [5.41, 5.74) is 2.99. The van der Waals surface area contributed by atoms with Crippen LogP contribution in [0.1, 0.15) is 43.2 Å². The number of amides is 2. The van der Waals surface area contributed by atoms with Crippen LogP contribution in [0.15, 0.2) is 18.2 Å². The lowest BCUT2D eigenvalue weighted by atomic mass is 9.92. The van der Waals surface area contributed by atoms with Crippen molar-refractivity contribution in [2.24, 2.45) is 0 Å². The summed E-state index contributed by atoms with van der Waals surface area (Å²) in [6.07, 6.45) is 7.00. The van der Waals surface area contributed by atoms with Crippen LogP contribution in [-0.2, 0) is 22.4 Å². The topological polar surface area (TPSA) is 49.4 Å². The number of nitrogens with one attached hydrogen (secondary N) is 1. The zero-order valence-electron chi connectivity index (χ0n) is 12.2. The summed E-state index contributed by atoms with van der Waals surface area (Å²) in [5, 5.41) is 2.96. The summed E-state index contributed by atoms with van der Waals surface area (Å²) in [7, 11) is 0. The highest BCUT2D eigenvalue weighted by molar-refractivity contribution is 6.09. The summed E-state index contributed by atoms with van der Waals surface area (Å²) in [6, 6.07) is 6.24. The molecule has 1 saturated heterocycles. The first kappa shape index (κ1) is 12.9. The van der Waals surface area contributed by atoms with E-state index in [1.807, 2.05) is 6.07 Å². The molecule has 1 aromatic carbocycles. The summed E-state index contributed by atoms with van der Waals surface area (Å²) < 4.78 is 0. The minimum absolute atomic E-state index is 0.0306. The van der Waals surface area contributed by atoms with Crippen molar-refractivity contribution in [1.82, 2.24) is 5.32 Å². The number of aryl methyl sites for hydroxylation is 2. The Balaban J connectivity index is 1.70. The maximum Gasteiger partial charge on any atom is 0.253 e. The van der Waals surface area contributed by atoms with Crippen LogP contribution in [0.2, 0.25) is 0 Å². The van der Waals surface area contributed by atoms with E-state index >= 15 is 0 Å². The van der Waals surface area contributed by atoms with Crippen molar-refractivity contribution >= 4 is 17.5 Å². The lowest BCUT2D eigenvalue weighted by Crippen LogP contribution is -2.65. The average molecular weight is 284 g/mol. The van der Waals surface area contributed by atoms with Crippen LogP contribution >= 0.6 is 0 Å². The molecular formula is C17H20N2O2. The molecule has 1 N–H and O–H groups in total. The number of fused-ring (bicyclic) bond motifs is 1. The Kier molecular flexibility index (Phi) is 2.81. The second-order valence-corrected chi connectivity index (χ2v) is 6.54. The van der Waals surface area contributed by atoms with Gasteiger partial charge in [0.1, 0.15) is 12.1 Å². The average Bonchev–Trinajstić information content (AvgIpc) is 3.11. The number of anilines is 1. The quantitative estimate of drug-likeness (QED) is 0.857. The van der Waals surface area contributed by atoms with Gasteiger partial charge in [-0.1, -0.05) is 18.9 Å². The van der Waals surface area contributed by atoms with Gasteiger partial charge in [-0.25, -0.2) is 0 Å². The standard InChI is InChI=1S/C17H20N2O2/c20-15-11-19(16(21)17(18-15)8-1-2-9-17)14-7-6-12-4-3-5-13(12)10-14/h6-7,10H,1-5,8-9,11H2,(H,18,20). The van der Waals surface area contributed by atoms with E-state index in [1.54, 1.807) is 4.90 Å². The molecule has 1 aromatic rings. The van der Waals surface area contributed by atoms with Crippen molar-refractivity contribution in [3.63, 3.8) is 0 Å². The molecule has 1 saturated carbocycles. The molecule has 0 atom stereocenters. The molecule has 0 aromatic heterocycles. The Bertz CT molecular complexity index is 617. The minimum Gasteiger partial charge on any atom is -0.340 e. The van der Waals surface area contributed by atoms with Crippen LogP contribution < -0.4 is 10.2 Å². The van der Waals surface area contributed by atoms with Crippen LogP contribution in [0, 0.1) is 0 Å². The first-order valence-corrected chi connectivity index (χ1v) is 7.93. The van der Waals surface area contributed by atoms with Crippen molar-refractivity contribution in [3.05, 3.63) is 29.3 Å². The number of piperazine rings is 1. The van der Waals surface area contributed by atoms with E-state index in [9.17, 15) is 9.59 Å². The second kappa shape index (κ2) is 4.58. The van der Waals surface area contributed by atoms with Crippen LogP contribution in [0.25, 0.3) is 0 Å². The third kappa shape index (κ3) is 1.96. The lowest BCUT2D eigenvalue weighted by molar-refractivity contribution is -0.135. The zero-order valence-corrected chi connectivity index (χ0v) is 12.2. The Morgan fingerprint density at radius 2 is 1.76 bits per heavy atom. The van der Waals surface area contributed by atoms with Gasteiger partial charge < -0.3 is 10.2 Å². The number of nitrogens with zero attached hydrogens (tertiary/aromatic N) is 1. The molecule has 110 valence electrons. The van der Waals surface area contributed by atoms with Gasteiger partial charge >= 0.3 is 0 Å². The molecule has 2 amide bonds. The number of hydrogen-bond donors (Lipinski definition) is 1. The van der Waals surface area contributed by atoms with Crippen molar-refractivity contribution < 1.29 is 9.59 Å². The van der Waals surface area contributed by atoms with Crippen LogP contribution in [-0.4, -0.2) is 23.9 Å². The Morgan fingerprint density at radius 1 is 1.00 bits per heavy atom. The van der Waals surface area contributed by atoms with Crippen LogP contribution in [0.5, 0.6) is 0 Å². The van der Waals surface area contributed by atoms with Crippen molar-refractivity contribution in [1.29, 1.82) is 0 Å². The Labute approximate surface area is 124 Å². The number of carbonyl (C=O) groups is 2. The first-order valence-electron chi connectivity index (χ1n) is 7.93. The summed E-state index contributed by atoms with van der Waals surface area (Å²) in [4.78, 5) is 26.7. The molecule has 1 heterocycles. The molecule has 0 bridgehead atoms. The number of benzene rings is 1. The fourth-order valence-electron chi connectivity index (χ4n) is 4.09. The van der Waals surface area contributed by atoms with Gasteiger partial charge in [0, 0.05) is 5.69 Å². The van der Waals surface area contributed by atoms with Gasteiger partial charge in [0.05, 0.1) is 0 Å². The van der Waals surface area contributed by atoms with E-state index < -0.39 is 5.54 Å². The van der Waals surface area contributed by atoms with E-state index in [0.717, 1.165) is 44.2 Å². The maximum absolute atomic E-state index is 12.9. The van der Waals surface area contributed by atoms with E-state index in [0.29, 0.717) is 0 Å². The smallest absolute Gasteiger partial charge is 0.253 e. The van der Waals surface area contributed by atoms with Crippen molar-refractivity contribution in [2.45, 2.75) is 50.5 Å². The van der Waals surface area contributed by atoms with Gasteiger partial charge in [-0.05, 0) is 55.4 Å². The summed E-state index contributed by atoms with van der Waals surface area (Å²) >= 11 is 0. The first-order chi connectivity index (χ1) is 10.2. The molecule has 0 radical (unpaired) electrons. The molecule has 3 aliphatic rings. The fraction of sp³-hybridized carbons (Fsp3) is 0.529. The van der Waals surface area contributed by atoms with Crippen LogP contribution in [0.4, 0.5) is 5.69 Å². The molecule has 4 rings (SSSR count). The largest absolute Gasteiger partial charge is 0.340 e. The highest BCUT2D eigenvalue weighted by Gasteiger charge is 2.48. The van der Waals surface area contributed by atoms with Gasteiger partial charge in [0.25, 0.3) is 5.91 Å². The van der Waals surface area contributed by atoms with E-state index in [2.05, 4.69) is 17.4 Å². The third-order valence-electron chi connectivity index (χ3n) is 5.19. The molecule has 1 aliphatic heterocycles. The molecule has 4 heteroatoms. The molecule has 21 heavy (non-hydrogen) atoms. The zero-order chi connectivity index (χ0) is 14.4. The van der Waals surface area contributed by atoms with E-state index in [-0.39, 0.29) is 18.4 Å². The Hall–Kier alpha value is -1.84.